The number of nitrogens with one attached hydrogen (secondary N) is 1. The summed E-state index contributed by atoms with van der Waals surface area (Å²) in [5, 5.41) is 14.0. The Morgan fingerprint density at radius 2 is 2.04 bits per heavy atom. The zero-order chi connectivity index (χ0) is 18.1. The van der Waals surface area contributed by atoms with Crippen molar-refractivity contribution >= 4 is 33.9 Å². The van der Waals surface area contributed by atoms with Crippen LogP contribution < -0.4 is 10.2 Å². The van der Waals surface area contributed by atoms with Gasteiger partial charge in [0.2, 0.25) is 0 Å². The summed E-state index contributed by atoms with van der Waals surface area (Å²) in [5.41, 5.74) is 1.15. The Bertz CT molecular complexity index is 780. The van der Waals surface area contributed by atoms with Crippen molar-refractivity contribution in [3.63, 3.8) is 0 Å². The second-order valence-electron chi connectivity index (χ2n) is 6.46. The number of hydrogen-bond acceptors (Lipinski definition) is 5. The Hall–Kier alpha value is -2.48. The molecule has 2 aromatic rings. The van der Waals surface area contributed by atoms with Crippen LogP contribution in [0, 0.1) is 17.0 Å². The molecular weight excluding hydrogens is 328 g/mol. The molecule has 0 fully saturated rings. The number of nitro groups is 1. The summed E-state index contributed by atoms with van der Waals surface area (Å²) >= 11 is 1.47. The van der Waals surface area contributed by atoms with E-state index in [4.69, 9.17) is 0 Å². The normalized spacial score (nSPS) is 11.2. The van der Waals surface area contributed by atoms with E-state index in [1.807, 2.05) is 6.92 Å². The maximum absolute atomic E-state index is 12.4. The number of non-ortho nitro benzene ring substituents is 1. The van der Waals surface area contributed by atoms with Gasteiger partial charge in [-0.1, -0.05) is 26.8 Å². The van der Waals surface area contributed by atoms with Gasteiger partial charge in [0.15, 0.2) is 5.13 Å². The van der Waals surface area contributed by atoms with Crippen LogP contribution in [0.5, 0.6) is 0 Å². The van der Waals surface area contributed by atoms with Gasteiger partial charge in [0, 0.05) is 29.7 Å². The van der Waals surface area contributed by atoms with Crippen LogP contribution in [0.2, 0.25) is 0 Å². The van der Waals surface area contributed by atoms with Gasteiger partial charge in [0.1, 0.15) is 0 Å². The van der Waals surface area contributed by atoms with Crippen molar-refractivity contribution in [2.75, 3.05) is 17.3 Å². The quantitative estimate of drug-likeness (QED) is 0.660. The van der Waals surface area contributed by atoms with Gasteiger partial charge in [-0.05, 0) is 18.4 Å². The number of urea groups is 1. The molecule has 0 aliphatic rings. The van der Waals surface area contributed by atoms with Crippen molar-refractivity contribution in [2.24, 2.45) is 0 Å². The summed E-state index contributed by atoms with van der Waals surface area (Å²) in [6.07, 6.45) is 0. The van der Waals surface area contributed by atoms with Gasteiger partial charge < -0.3 is 5.32 Å². The number of carbonyl (C=O) groups excluding carboxylic acids is 1. The predicted molar refractivity (Wildman–Crippen MR) is 96.1 cm³/mol. The lowest BCUT2D eigenvalue weighted by Crippen LogP contribution is -2.31. The van der Waals surface area contributed by atoms with E-state index in [-0.39, 0.29) is 11.1 Å². The largest absolute Gasteiger partial charge is 0.327 e. The van der Waals surface area contributed by atoms with Crippen LogP contribution in [0.25, 0.3) is 0 Å². The molecule has 1 aromatic carbocycles. The number of nitrogens with zero attached hydrogens (tertiary/aromatic N) is 3. The highest BCUT2D eigenvalue weighted by atomic mass is 32.1. The molecule has 7 nitrogen and oxygen atoms in total. The molecule has 2 amide bonds. The molecule has 0 unspecified atom stereocenters. The Kier molecular flexibility index (Phi) is 4.88. The van der Waals surface area contributed by atoms with Crippen molar-refractivity contribution in [1.29, 1.82) is 0 Å². The minimum atomic E-state index is -0.501. The third kappa shape index (κ3) is 3.88. The maximum atomic E-state index is 12.4. The molecule has 0 bridgehead atoms. The highest BCUT2D eigenvalue weighted by Gasteiger charge is 2.24. The molecule has 1 N–H and O–H groups in total. The number of anilines is 2. The molecule has 1 heterocycles. The molecular formula is C16H20N4O3S. The summed E-state index contributed by atoms with van der Waals surface area (Å²) in [7, 11) is 1.62. The number of benzene rings is 1. The van der Waals surface area contributed by atoms with Gasteiger partial charge in [0.25, 0.3) is 5.69 Å². The average Bonchev–Trinajstić information content (AvgIpc) is 2.88. The molecule has 0 aliphatic carbocycles. The first-order valence-corrected chi connectivity index (χ1v) is 8.18. The van der Waals surface area contributed by atoms with Crippen molar-refractivity contribution in [1.82, 2.24) is 4.98 Å². The monoisotopic (exact) mass is 348 g/mol. The Morgan fingerprint density at radius 3 is 2.58 bits per heavy atom. The summed E-state index contributed by atoms with van der Waals surface area (Å²) < 4.78 is 0. The van der Waals surface area contributed by atoms with Crippen LogP contribution >= 0.6 is 11.3 Å². The molecule has 0 spiro atoms. The number of aromatic nitrogens is 1. The molecule has 0 saturated carbocycles. The van der Waals surface area contributed by atoms with E-state index in [9.17, 15) is 14.9 Å². The fraction of sp³-hybridized carbons (Fsp3) is 0.375. The van der Waals surface area contributed by atoms with Crippen LogP contribution in [0.3, 0.4) is 0 Å². The first kappa shape index (κ1) is 17.9. The van der Waals surface area contributed by atoms with Crippen molar-refractivity contribution in [2.45, 2.75) is 33.1 Å². The van der Waals surface area contributed by atoms with Crippen LogP contribution in [0.4, 0.5) is 21.3 Å². The van der Waals surface area contributed by atoms with Gasteiger partial charge in [-0.15, -0.1) is 11.3 Å². The van der Waals surface area contributed by atoms with E-state index in [1.54, 1.807) is 13.1 Å². The minimum absolute atomic E-state index is 0.0443. The molecule has 24 heavy (non-hydrogen) atoms. The average molecular weight is 348 g/mol. The molecule has 0 saturated heterocycles. The second kappa shape index (κ2) is 6.56. The van der Waals surface area contributed by atoms with Gasteiger partial charge in [-0.2, -0.15) is 0 Å². The van der Waals surface area contributed by atoms with Gasteiger partial charge in [-0.3, -0.25) is 15.0 Å². The van der Waals surface area contributed by atoms with E-state index in [2.05, 4.69) is 31.1 Å². The van der Waals surface area contributed by atoms with Gasteiger partial charge in [0.05, 0.1) is 10.6 Å². The number of hydrogen-bond donors (Lipinski definition) is 1. The number of thiazole rings is 1. The minimum Gasteiger partial charge on any atom is -0.307 e. The Labute approximate surface area is 144 Å². The lowest BCUT2D eigenvalue weighted by atomic mass is 9.94. The van der Waals surface area contributed by atoms with E-state index in [0.29, 0.717) is 10.8 Å². The van der Waals surface area contributed by atoms with E-state index in [0.717, 1.165) is 10.6 Å². The van der Waals surface area contributed by atoms with E-state index < -0.39 is 11.0 Å². The first-order chi connectivity index (χ1) is 11.1. The second-order valence-corrected chi connectivity index (χ2v) is 7.44. The highest BCUT2D eigenvalue weighted by molar-refractivity contribution is 7.16. The fourth-order valence-electron chi connectivity index (χ4n) is 2.21. The van der Waals surface area contributed by atoms with Crippen LogP contribution in [0.1, 0.15) is 31.3 Å². The first-order valence-electron chi connectivity index (χ1n) is 7.36. The standard InChI is InChI=1S/C16H20N4O3S/c1-10-13(16(2,3)4)24-15(17-10)19(5)14(21)18-11-7-6-8-12(9-11)20(22)23/h6-9H,1-5H3,(H,18,21). The van der Waals surface area contributed by atoms with Crippen LogP contribution in [-0.4, -0.2) is 23.0 Å². The molecule has 1 aromatic heterocycles. The number of amides is 2. The van der Waals surface area contributed by atoms with Crippen molar-refractivity contribution < 1.29 is 9.72 Å². The molecule has 0 atom stereocenters. The maximum Gasteiger partial charge on any atom is 0.327 e. The third-order valence-corrected chi connectivity index (χ3v) is 5.03. The number of carbonyl (C=O) groups is 1. The smallest absolute Gasteiger partial charge is 0.307 e. The SMILES string of the molecule is Cc1nc(N(C)C(=O)Nc2cccc([N+](=O)[O-])c2)sc1C(C)(C)C. The van der Waals surface area contributed by atoms with Crippen molar-refractivity contribution in [3.8, 4) is 0 Å². The molecule has 0 aliphatic heterocycles. The predicted octanol–water partition coefficient (Wildman–Crippen LogP) is 4.33. The number of nitro benzene ring substituents is 1. The third-order valence-electron chi connectivity index (χ3n) is 3.37. The van der Waals surface area contributed by atoms with Crippen LogP contribution in [0.15, 0.2) is 24.3 Å². The molecule has 2 rings (SSSR count). The molecule has 0 radical (unpaired) electrons. The lowest BCUT2D eigenvalue weighted by Gasteiger charge is -2.17. The topological polar surface area (TPSA) is 88.4 Å². The lowest BCUT2D eigenvalue weighted by molar-refractivity contribution is -0.384. The van der Waals surface area contributed by atoms with Gasteiger partial charge in [-0.25, -0.2) is 9.78 Å². The Morgan fingerprint density at radius 1 is 1.38 bits per heavy atom. The zero-order valence-corrected chi connectivity index (χ0v) is 15.1. The summed E-state index contributed by atoms with van der Waals surface area (Å²) in [5.74, 6) is 0. The Balaban J connectivity index is 2.18. The van der Waals surface area contributed by atoms with Gasteiger partial charge >= 0.3 is 6.03 Å². The highest BCUT2D eigenvalue weighted by Crippen LogP contribution is 2.35. The molecule has 128 valence electrons. The summed E-state index contributed by atoms with van der Waals surface area (Å²) in [4.78, 5) is 29.7. The number of aryl methyl sites for hydroxylation is 1. The van der Waals surface area contributed by atoms with E-state index >= 15 is 0 Å². The summed E-state index contributed by atoms with van der Waals surface area (Å²) in [6, 6.07) is 5.42. The number of rotatable bonds is 3. The zero-order valence-electron chi connectivity index (χ0n) is 14.3. The van der Waals surface area contributed by atoms with Crippen LogP contribution in [-0.2, 0) is 5.41 Å². The molecule has 8 heteroatoms. The van der Waals surface area contributed by atoms with E-state index in [1.165, 1.54) is 34.4 Å². The summed E-state index contributed by atoms with van der Waals surface area (Å²) in [6.45, 7) is 8.22. The van der Waals surface area contributed by atoms with Crippen molar-refractivity contribution in [3.05, 3.63) is 45.0 Å². The fourth-order valence-corrected chi connectivity index (χ4v) is 3.30.